The largest absolute Gasteiger partial charge is 0.496 e. The second-order valence-electron chi connectivity index (χ2n) is 5.24. The molecule has 0 aliphatic heterocycles. The highest BCUT2D eigenvalue weighted by Gasteiger charge is 2.18. The van der Waals surface area contributed by atoms with E-state index in [-0.39, 0.29) is 6.04 Å². The molecule has 0 saturated carbocycles. The van der Waals surface area contributed by atoms with E-state index in [1.807, 2.05) is 0 Å². The van der Waals surface area contributed by atoms with E-state index in [1.54, 1.807) is 7.11 Å². The Balaban J connectivity index is 3.01. The van der Waals surface area contributed by atoms with Crippen LogP contribution in [-0.2, 0) is 0 Å². The molecule has 0 aliphatic rings. The van der Waals surface area contributed by atoms with Crippen molar-refractivity contribution in [3.05, 3.63) is 29.3 Å². The van der Waals surface area contributed by atoms with Crippen molar-refractivity contribution in [2.24, 2.45) is 17.4 Å². The van der Waals surface area contributed by atoms with Gasteiger partial charge in [0.25, 0.3) is 0 Å². The van der Waals surface area contributed by atoms with Crippen LogP contribution in [0.1, 0.15) is 50.3 Å². The SMILES string of the molecule is COc1cc(C(C)C)ccc1C(N)C(C)CCN. The number of ether oxygens (including phenoxy) is 1. The summed E-state index contributed by atoms with van der Waals surface area (Å²) >= 11 is 0. The Kier molecular flexibility index (Phi) is 5.63. The summed E-state index contributed by atoms with van der Waals surface area (Å²) in [7, 11) is 1.70. The molecule has 1 aromatic rings. The fourth-order valence-electron chi connectivity index (χ4n) is 2.11. The van der Waals surface area contributed by atoms with Crippen molar-refractivity contribution < 1.29 is 4.74 Å². The normalized spacial score (nSPS) is 14.6. The van der Waals surface area contributed by atoms with Crippen molar-refractivity contribution >= 4 is 0 Å². The van der Waals surface area contributed by atoms with Crippen LogP contribution in [0.2, 0.25) is 0 Å². The maximum atomic E-state index is 6.29. The quantitative estimate of drug-likeness (QED) is 0.816. The Hall–Kier alpha value is -1.06. The summed E-state index contributed by atoms with van der Waals surface area (Å²) in [5.74, 6) is 1.73. The molecule has 1 aromatic carbocycles. The lowest BCUT2D eigenvalue weighted by atomic mass is 9.90. The van der Waals surface area contributed by atoms with Crippen LogP contribution in [0.25, 0.3) is 0 Å². The van der Waals surface area contributed by atoms with Gasteiger partial charge in [0.15, 0.2) is 0 Å². The van der Waals surface area contributed by atoms with Gasteiger partial charge in [-0.05, 0) is 36.4 Å². The average Bonchev–Trinajstić information content (AvgIpc) is 2.37. The molecule has 2 atom stereocenters. The van der Waals surface area contributed by atoms with Crippen LogP contribution in [0.15, 0.2) is 18.2 Å². The van der Waals surface area contributed by atoms with Crippen molar-refractivity contribution in [1.29, 1.82) is 0 Å². The smallest absolute Gasteiger partial charge is 0.123 e. The number of hydrogen-bond donors (Lipinski definition) is 2. The van der Waals surface area contributed by atoms with Gasteiger partial charge in [0.1, 0.15) is 5.75 Å². The number of methoxy groups -OCH3 is 1. The Morgan fingerprint density at radius 1 is 1.22 bits per heavy atom. The monoisotopic (exact) mass is 250 g/mol. The first-order valence-electron chi connectivity index (χ1n) is 6.64. The molecule has 0 bridgehead atoms. The summed E-state index contributed by atoms with van der Waals surface area (Å²) in [6.07, 6.45) is 0.927. The van der Waals surface area contributed by atoms with Crippen LogP contribution in [0.3, 0.4) is 0 Å². The van der Waals surface area contributed by atoms with E-state index >= 15 is 0 Å². The maximum Gasteiger partial charge on any atom is 0.123 e. The minimum absolute atomic E-state index is 0.0234. The van der Waals surface area contributed by atoms with E-state index < -0.39 is 0 Å². The lowest BCUT2D eigenvalue weighted by Gasteiger charge is -2.22. The second-order valence-corrected chi connectivity index (χ2v) is 5.24. The fraction of sp³-hybridized carbons (Fsp3) is 0.600. The van der Waals surface area contributed by atoms with Crippen molar-refractivity contribution in [2.45, 2.75) is 39.2 Å². The first-order chi connectivity index (χ1) is 8.51. The predicted molar refractivity (Wildman–Crippen MR) is 76.8 cm³/mol. The third kappa shape index (κ3) is 3.47. The zero-order valence-corrected chi connectivity index (χ0v) is 11.9. The molecular weight excluding hydrogens is 224 g/mol. The highest BCUT2D eigenvalue weighted by molar-refractivity contribution is 5.40. The molecule has 0 aliphatic carbocycles. The van der Waals surface area contributed by atoms with Gasteiger partial charge in [-0.2, -0.15) is 0 Å². The molecule has 0 saturated heterocycles. The number of hydrogen-bond acceptors (Lipinski definition) is 3. The molecule has 18 heavy (non-hydrogen) atoms. The number of rotatable bonds is 6. The molecule has 3 nitrogen and oxygen atoms in total. The average molecular weight is 250 g/mol. The van der Waals surface area contributed by atoms with Gasteiger partial charge < -0.3 is 16.2 Å². The van der Waals surface area contributed by atoms with E-state index in [0.29, 0.717) is 18.4 Å². The van der Waals surface area contributed by atoms with Crippen molar-refractivity contribution in [3.8, 4) is 5.75 Å². The zero-order valence-electron chi connectivity index (χ0n) is 11.9. The van der Waals surface area contributed by atoms with Gasteiger partial charge in [-0.1, -0.05) is 32.9 Å². The summed E-state index contributed by atoms with van der Waals surface area (Å²) in [6.45, 7) is 7.14. The van der Waals surface area contributed by atoms with Crippen LogP contribution in [0.4, 0.5) is 0 Å². The maximum absolute atomic E-state index is 6.29. The zero-order chi connectivity index (χ0) is 13.7. The van der Waals surface area contributed by atoms with Crippen LogP contribution in [0, 0.1) is 5.92 Å². The first kappa shape index (κ1) is 15.0. The molecule has 2 unspecified atom stereocenters. The molecule has 0 amide bonds. The van der Waals surface area contributed by atoms with E-state index in [2.05, 4.69) is 39.0 Å². The Morgan fingerprint density at radius 3 is 2.39 bits per heavy atom. The molecule has 0 fully saturated rings. The van der Waals surface area contributed by atoms with Gasteiger partial charge in [-0.3, -0.25) is 0 Å². The van der Waals surface area contributed by atoms with Gasteiger partial charge in [-0.25, -0.2) is 0 Å². The molecular formula is C15H26N2O. The van der Waals surface area contributed by atoms with E-state index in [4.69, 9.17) is 16.2 Å². The molecule has 4 N–H and O–H groups in total. The predicted octanol–water partition coefficient (Wildman–Crippen LogP) is 2.80. The van der Waals surface area contributed by atoms with Gasteiger partial charge in [0.2, 0.25) is 0 Å². The molecule has 0 radical (unpaired) electrons. The Morgan fingerprint density at radius 2 is 1.89 bits per heavy atom. The minimum atomic E-state index is -0.0234. The van der Waals surface area contributed by atoms with Crippen molar-refractivity contribution in [1.82, 2.24) is 0 Å². The molecule has 1 rings (SSSR count). The molecule has 0 aromatic heterocycles. The van der Waals surface area contributed by atoms with Crippen LogP contribution >= 0.6 is 0 Å². The lowest BCUT2D eigenvalue weighted by molar-refractivity contribution is 0.385. The fourth-order valence-corrected chi connectivity index (χ4v) is 2.11. The minimum Gasteiger partial charge on any atom is -0.496 e. The van der Waals surface area contributed by atoms with Crippen molar-refractivity contribution in [3.63, 3.8) is 0 Å². The number of benzene rings is 1. The number of nitrogens with two attached hydrogens (primary N) is 2. The summed E-state index contributed by atoms with van der Waals surface area (Å²) in [5, 5.41) is 0. The topological polar surface area (TPSA) is 61.3 Å². The summed E-state index contributed by atoms with van der Waals surface area (Å²) in [4.78, 5) is 0. The van der Waals surface area contributed by atoms with E-state index in [0.717, 1.165) is 17.7 Å². The molecule has 3 heteroatoms. The molecule has 0 spiro atoms. The Labute approximate surface area is 111 Å². The van der Waals surface area contributed by atoms with Crippen LogP contribution in [0.5, 0.6) is 5.75 Å². The van der Waals surface area contributed by atoms with Crippen molar-refractivity contribution in [2.75, 3.05) is 13.7 Å². The third-order valence-corrected chi connectivity index (χ3v) is 3.52. The molecule has 0 heterocycles. The second kappa shape index (κ2) is 6.76. The third-order valence-electron chi connectivity index (χ3n) is 3.52. The summed E-state index contributed by atoms with van der Waals surface area (Å²) in [6, 6.07) is 6.29. The summed E-state index contributed by atoms with van der Waals surface area (Å²) in [5.41, 5.74) is 14.2. The summed E-state index contributed by atoms with van der Waals surface area (Å²) < 4.78 is 5.47. The standard InChI is InChI=1S/C15H26N2O/c1-10(2)12-5-6-13(14(9-12)18-4)15(17)11(3)7-8-16/h5-6,9-11,15H,7-8,16-17H2,1-4H3. The van der Waals surface area contributed by atoms with E-state index in [9.17, 15) is 0 Å². The molecule has 102 valence electrons. The first-order valence-corrected chi connectivity index (χ1v) is 6.64. The van der Waals surface area contributed by atoms with Crippen LogP contribution < -0.4 is 16.2 Å². The van der Waals surface area contributed by atoms with Gasteiger partial charge in [0, 0.05) is 11.6 Å². The van der Waals surface area contributed by atoms with Gasteiger partial charge in [-0.15, -0.1) is 0 Å². The van der Waals surface area contributed by atoms with E-state index in [1.165, 1.54) is 5.56 Å². The highest BCUT2D eigenvalue weighted by atomic mass is 16.5. The Bertz CT molecular complexity index is 377. The van der Waals surface area contributed by atoms with Gasteiger partial charge >= 0.3 is 0 Å². The lowest BCUT2D eigenvalue weighted by Crippen LogP contribution is -2.22. The highest BCUT2D eigenvalue weighted by Crippen LogP contribution is 2.32. The van der Waals surface area contributed by atoms with Gasteiger partial charge in [0.05, 0.1) is 7.11 Å². The van der Waals surface area contributed by atoms with Crippen LogP contribution in [-0.4, -0.2) is 13.7 Å².